The SMILES string of the molecule is CC[NH+](CC)Cc1ccc(CNC(=O)c2ccc3ccccc3n2)cc1. The van der Waals surface area contributed by atoms with Gasteiger partial charge in [0.2, 0.25) is 0 Å². The topological polar surface area (TPSA) is 46.4 Å². The number of hydrogen-bond acceptors (Lipinski definition) is 2. The predicted molar refractivity (Wildman–Crippen MR) is 105 cm³/mol. The Morgan fingerprint density at radius 2 is 1.62 bits per heavy atom. The Kier molecular flexibility index (Phi) is 5.97. The van der Waals surface area contributed by atoms with E-state index < -0.39 is 0 Å². The van der Waals surface area contributed by atoms with Crippen molar-refractivity contribution in [2.24, 2.45) is 0 Å². The first kappa shape index (κ1) is 18.1. The lowest BCUT2D eigenvalue weighted by atomic mass is 10.1. The van der Waals surface area contributed by atoms with Crippen molar-refractivity contribution in [3.05, 3.63) is 77.5 Å². The quantitative estimate of drug-likeness (QED) is 0.689. The largest absolute Gasteiger partial charge is 0.347 e. The second-order valence-electron chi connectivity index (χ2n) is 6.52. The van der Waals surface area contributed by atoms with Crippen LogP contribution in [0.5, 0.6) is 0 Å². The average molecular weight is 348 g/mol. The normalized spacial score (nSPS) is 11.0. The summed E-state index contributed by atoms with van der Waals surface area (Å²) in [6, 6.07) is 20.0. The molecule has 0 aliphatic heterocycles. The van der Waals surface area contributed by atoms with Crippen LogP contribution in [-0.4, -0.2) is 24.0 Å². The van der Waals surface area contributed by atoms with Crippen molar-refractivity contribution in [2.75, 3.05) is 13.1 Å². The van der Waals surface area contributed by atoms with Gasteiger partial charge in [-0.1, -0.05) is 48.5 Å². The Morgan fingerprint density at radius 3 is 2.35 bits per heavy atom. The van der Waals surface area contributed by atoms with Gasteiger partial charge in [-0.05, 0) is 31.5 Å². The Morgan fingerprint density at radius 1 is 0.923 bits per heavy atom. The number of carbonyl (C=O) groups excluding carboxylic acids is 1. The number of benzene rings is 2. The maximum absolute atomic E-state index is 12.4. The molecule has 0 radical (unpaired) electrons. The Labute approximate surface area is 154 Å². The van der Waals surface area contributed by atoms with Crippen LogP contribution in [0.2, 0.25) is 0 Å². The second-order valence-corrected chi connectivity index (χ2v) is 6.52. The van der Waals surface area contributed by atoms with Crippen molar-refractivity contribution in [3.63, 3.8) is 0 Å². The highest BCUT2D eigenvalue weighted by molar-refractivity contribution is 5.94. The number of nitrogens with one attached hydrogen (secondary N) is 2. The van der Waals surface area contributed by atoms with Crippen LogP contribution >= 0.6 is 0 Å². The van der Waals surface area contributed by atoms with E-state index in [-0.39, 0.29) is 5.91 Å². The molecule has 4 heteroatoms. The molecule has 3 rings (SSSR count). The molecule has 0 aliphatic carbocycles. The minimum atomic E-state index is -0.146. The van der Waals surface area contributed by atoms with Gasteiger partial charge in [0.15, 0.2) is 0 Å². The van der Waals surface area contributed by atoms with Gasteiger partial charge in [-0.25, -0.2) is 4.98 Å². The van der Waals surface area contributed by atoms with Crippen LogP contribution in [0.25, 0.3) is 10.9 Å². The first-order chi connectivity index (χ1) is 12.7. The molecule has 1 heterocycles. The molecule has 0 aliphatic rings. The zero-order valence-corrected chi connectivity index (χ0v) is 15.5. The van der Waals surface area contributed by atoms with Crippen molar-refractivity contribution < 1.29 is 9.69 Å². The van der Waals surface area contributed by atoms with E-state index in [1.807, 2.05) is 30.3 Å². The van der Waals surface area contributed by atoms with Gasteiger partial charge in [0.05, 0.1) is 18.6 Å². The summed E-state index contributed by atoms with van der Waals surface area (Å²) < 4.78 is 0. The number of aromatic nitrogens is 1. The highest BCUT2D eigenvalue weighted by atomic mass is 16.1. The first-order valence-electron chi connectivity index (χ1n) is 9.25. The summed E-state index contributed by atoms with van der Waals surface area (Å²) in [5.74, 6) is -0.146. The van der Waals surface area contributed by atoms with Gasteiger partial charge in [-0.2, -0.15) is 0 Å². The molecule has 26 heavy (non-hydrogen) atoms. The third-order valence-electron chi connectivity index (χ3n) is 4.76. The van der Waals surface area contributed by atoms with Gasteiger partial charge in [0.1, 0.15) is 12.2 Å². The van der Waals surface area contributed by atoms with Crippen molar-refractivity contribution in [1.29, 1.82) is 0 Å². The molecule has 0 saturated heterocycles. The van der Waals surface area contributed by atoms with Crippen molar-refractivity contribution >= 4 is 16.8 Å². The smallest absolute Gasteiger partial charge is 0.270 e. The number of hydrogen-bond donors (Lipinski definition) is 2. The Hall–Kier alpha value is -2.72. The molecule has 134 valence electrons. The summed E-state index contributed by atoms with van der Waals surface area (Å²) in [7, 11) is 0. The van der Waals surface area contributed by atoms with E-state index in [0.29, 0.717) is 12.2 Å². The maximum atomic E-state index is 12.4. The minimum absolute atomic E-state index is 0.146. The molecule has 2 N–H and O–H groups in total. The van der Waals surface area contributed by atoms with Gasteiger partial charge in [0.25, 0.3) is 5.91 Å². The van der Waals surface area contributed by atoms with Gasteiger partial charge in [-0.3, -0.25) is 4.79 Å². The Bertz CT molecular complexity index is 870. The van der Waals surface area contributed by atoms with Crippen molar-refractivity contribution in [2.45, 2.75) is 26.9 Å². The van der Waals surface area contributed by atoms with E-state index in [1.54, 1.807) is 11.0 Å². The summed E-state index contributed by atoms with van der Waals surface area (Å²) in [4.78, 5) is 18.4. The van der Waals surface area contributed by atoms with Gasteiger partial charge < -0.3 is 10.2 Å². The lowest BCUT2D eigenvalue weighted by Gasteiger charge is -2.15. The molecule has 0 atom stereocenters. The fourth-order valence-corrected chi connectivity index (χ4v) is 3.03. The standard InChI is InChI=1S/C22H25N3O/c1-3-25(4-2)16-18-11-9-17(10-12-18)15-23-22(26)21-14-13-19-7-5-6-8-20(19)24-21/h5-14H,3-4,15-16H2,1-2H3,(H,23,26)/p+1. The third-order valence-corrected chi connectivity index (χ3v) is 4.76. The number of carbonyl (C=O) groups is 1. The second kappa shape index (κ2) is 8.59. The van der Waals surface area contributed by atoms with Gasteiger partial charge in [0, 0.05) is 17.5 Å². The third kappa shape index (κ3) is 4.46. The molecule has 2 aromatic carbocycles. The van der Waals surface area contributed by atoms with E-state index in [9.17, 15) is 4.79 Å². The highest BCUT2D eigenvalue weighted by Gasteiger charge is 2.08. The van der Waals surface area contributed by atoms with Crippen molar-refractivity contribution in [3.8, 4) is 0 Å². The summed E-state index contributed by atoms with van der Waals surface area (Å²) in [5.41, 5.74) is 3.71. The number of fused-ring (bicyclic) bond motifs is 1. The number of pyridine rings is 1. The molecule has 3 aromatic rings. The highest BCUT2D eigenvalue weighted by Crippen LogP contribution is 2.12. The summed E-state index contributed by atoms with van der Waals surface area (Å²) in [5, 5.41) is 3.99. The van der Waals surface area contributed by atoms with E-state index >= 15 is 0 Å². The minimum Gasteiger partial charge on any atom is -0.347 e. The number of amides is 1. The Balaban J connectivity index is 1.60. The average Bonchev–Trinajstić information content (AvgIpc) is 2.70. The molecule has 0 bridgehead atoms. The van der Waals surface area contributed by atoms with Gasteiger partial charge >= 0.3 is 0 Å². The molecule has 4 nitrogen and oxygen atoms in total. The molecule has 1 aromatic heterocycles. The summed E-state index contributed by atoms with van der Waals surface area (Å²) in [6.07, 6.45) is 0. The first-order valence-corrected chi connectivity index (χ1v) is 9.25. The predicted octanol–water partition coefficient (Wildman–Crippen LogP) is 2.59. The van der Waals surface area contributed by atoms with Crippen LogP contribution in [0.4, 0.5) is 0 Å². The van der Waals surface area contributed by atoms with Gasteiger partial charge in [-0.15, -0.1) is 0 Å². The lowest BCUT2D eigenvalue weighted by Crippen LogP contribution is -3.10. The number of nitrogens with zero attached hydrogens (tertiary/aromatic N) is 1. The molecule has 1 amide bonds. The van der Waals surface area contributed by atoms with Crippen LogP contribution in [-0.2, 0) is 13.1 Å². The summed E-state index contributed by atoms with van der Waals surface area (Å²) in [6.45, 7) is 8.24. The number of para-hydroxylation sites is 1. The fourth-order valence-electron chi connectivity index (χ4n) is 3.03. The molecule has 0 unspecified atom stereocenters. The lowest BCUT2D eigenvalue weighted by molar-refractivity contribution is -0.910. The molecule has 0 spiro atoms. The van der Waals surface area contributed by atoms with E-state index in [2.05, 4.69) is 48.4 Å². The monoisotopic (exact) mass is 348 g/mol. The molecule has 0 fully saturated rings. The molecule has 0 saturated carbocycles. The number of quaternary nitrogens is 1. The van der Waals surface area contributed by atoms with E-state index in [4.69, 9.17) is 0 Å². The molecular weight excluding hydrogens is 322 g/mol. The van der Waals surface area contributed by atoms with E-state index in [1.165, 1.54) is 5.56 Å². The van der Waals surface area contributed by atoms with Crippen LogP contribution in [0, 0.1) is 0 Å². The zero-order valence-electron chi connectivity index (χ0n) is 15.5. The zero-order chi connectivity index (χ0) is 18.4. The fraction of sp³-hybridized carbons (Fsp3) is 0.273. The number of rotatable bonds is 7. The van der Waals surface area contributed by atoms with Crippen LogP contribution in [0.15, 0.2) is 60.7 Å². The van der Waals surface area contributed by atoms with Crippen LogP contribution < -0.4 is 10.2 Å². The van der Waals surface area contributed by atoms with E-state index in [0.717, 1.165) is 36.1 Å². The maximum Gasteiger partial charge on any atom is 0.270 e. The summed E-state index contributed by atoms with van der Waals surface area (Å²) >= 11 is 0. The van der Waals surface area contributed by atoms with Crippen LogP contribution in [0.3, 0.4) is 0 Å². The van der Waals surface area contributed by atoms with Crippen LogP contribution in [0.1, 0.15) is 35.5 Å². The van der Waals surface area contributed by atoms with Crippen molar-refractivity contribution in [1.82, 2.24) is 10.3 Å². The molecular formula is C22H26N3O+.